The molecule has 7 N–H and O–H groups in total. The van der Waals surface area contributed by atoms with Crippen molar-refractivity contribution in [3.05, 3.63) is 0 Å². The van der Waals surface area contributed by atoms with E-state index in [9.17, 15) is 48.1 Å². The minimum atomic E-state index is -5.47. The number of carboxylic acids is 1. The van der Waals surface area contributed by atoms with Crippen LogP contribution in [0.3, 0.4) is 0 Å². The van der Waals surface area contributed by atoms with Crippen molar-refractivity contribution in [2.75, 3.05) is 6.61 Å². The van der Waals surface area contributed by atoms with Gasteiger partial charge in [0.1, 0.15) is 42.7 Å². The van der Waals surface area contributed by atoms with Crippen molar-refractivity contribution in [3.63, 3.8) is 0 Å². The maximum atomic E-state index is 11.5. The molecule has 2 aliphatic rings. The number of carbonyl (C=O) groups is 2. The minimum Gasteiger partial charge on any atom is -0.726 e. The Kier molecular flexibility index (Phi) is 10.8. The fraction of sp³-hybridized carbons (Fsp3) is 0.857. The van der Waals surface area contributed by atoms with Gasteiger partial charge in [0, 0.05) is 6.92 Å². The molecule has 0 aromatic heterocycles. The monoisotopic (exact) mass is 499 g/mol. The van der Waals surface area contributed by atoms with Crippen molar-refractivity contribution < 1.29 is 101 Å². The van der Waals surface area contributed by atoms with Gasteiger partial charge in [-0.25, -0.2) is 13.2 Å². The summed E-state index contributed by atoms with van der Waals surface area (Å²) in [5, 5.41) is 60.5. The van der Waals surface area contributed by atoms with E-state index in [-0.39, 0.29) is 29.6 Å². The molecule has 1 amide bonds. The minimum absolute atomic E-state index is 0. The Morgan fingerprint density at radius 3 is 2.12 bits per heavy atom. The van der Waals surface area contributed by atoms with Crippen molar-refractivity contribution >= 4 is 22.3 Å². The normalized spacial score (nSPS) is 40.2. The summed E-state index contributed by atoms with van der Waals surface area (Å²) in [5.41, 5.74) is 0. The summed E-state index contributed by atoms with van der Waals surface area (Å²) in [4.78, 5) is 22.7. The molecule has 0 saturated carbocycles. The van der Waals surface area contributed by atoms with E-state index in [0.717, 1.165) is 6.92 Å². The van der Waals surface area contributed by atoms with Crippen molar-refractivity contribution in [3.8, 4) is 0 Å². The van der Waals surface area contributed by atoms with Crippen molar-refractivity contribution in [2.45, 2.75) is 68.3 Å². The third kappa shape index (κ3) is 7.00. The first kappa shape index (κ1) is 29.5. The molecule has 18 heteroatoms. The molecule has 2 rings (SSSR count). The SMILES string of the molecule is CC(=O)NC1C(O)OC(CO)[C@@H](OS(=O)(=O)[O-])[C@@H]1O[C@H]1O[C@@H](C(=O)O)C(O)C(O)C1O.[Na+]. The molecular formula is C14H22NNaO15S. The molecule has 180 valence electrons. The van der Waals surface area contributed by atoms with Gasteiger partial charge >= 0.3 is 35.5 Å². The molecule has 16 nitrogen and oxygen atoms in total. The van der Waals surface area contributed by atoms with E-state index >= 15 is 0 Å². The Morgan fingerprint density at radius 1 is 1.06 bits per heavy atom. The summed E-state index contributed by atoms with van der Waals surface area (Å²) in [5.74, 6) is -2.54. The average Bonchev–Trinajstić information content (AvgIpc) is 2.64. The number of aliphatic hydroxyl groups excluding tert-OH is 5. The van der Waals surface area contributed by atoms with Crippen LogP contribution in [0.4, 0.5) is 0 Å². The topological polar surface area (TPSA) is 262 Å². The first-order valence-electron chi connectivity index (χ1n) is 8.70. The van der Waals surface area contributed by atoms with Crippen molar-refractivity contribution in [1.82, 2.24) is 5.32 Å². The molecule has 0 aromatic rings. The predicted octanol–water partition coefficient (Wildman–Crippen LogP) is -8.67. The maximum Gasteiger partial charge on any atom is 1.00 e. The number of aliphatic carboxylic acids is 1. The summed E-state index contributed by atoms with van der Waals surface area (Å²) >= 11 is 0. The predicted molar refractivity (Wildman–Crippen MR) is 89.3 cm³/mol. The summed E-state index contributed by atoms with van der Waals surface area (Å²) in [6, 6.07) is -1.67. The number of hydrogen-bond donors (Lipinski definition) is 7. The van der Waals surface area contributed by atoms with Crippen LogP contribution in [0.25, 0.3) is 0 Å². The van der Waals surface area contributed by atoms with Crippen molar-refractivity contribution in [2.24, 2.45) is 0 Å². The van der Waals surface area contributed by atoms with Crippen molar-refractivity contribution in [1.29, 1.82) is 0 Å². The summed E-state index contributed by atoms with van der Waals surface area (Å²) in [7, 11) is -5.47. The fourth-order valence-corrected chi connectivity index (χ4v) is 3.69. The standard InChI is InChI=1S/C14H23NO15S.Na/c1-3(17)15-5-10(9(30-31(24,25)26)4(2-16)27-13(5)23)28-14-8(20)6(18)7(19)11(29-14)12(21)22;/h4-11,13-14,16,18-20,23H,2H2,1H3,(H,15,17)(H,21,22)(H,24,25,26);/q;+1/p-1/t4?,5?,6?,7?,8?,9-,10-,11-,13?,14+;/m1./s1. The molecule has 2 fully saturated rings. The van der Waals surface area contributed by atoms with Gasteiger partial charge in [-0.3, -0.25) is 8.98 Å². The maximum absolute atomic E-state index is 11.5. The smallest absolute Gasteiger partial charge is 0.726 e. The van der Waals surface area contributed by atoms with Crippen LogP contribution in [-0.2, 0) is 38.4 Å². The molecule has 10 atom stereocenters. The molecule has 0 aromatic carbocycles. The van der Waals surface area contributed by atoms with E-state index in [4.69, 9.17) is 19.3 Å². The molecule has 6 unspecified atom stereocenters. The average molecular weight is 499 g/mol. The zero-order chi connectivity index (χ0) is 23.7. The molecule has 2 saturated heterocycles. The first-order valence-corrected chi connectivity index (χ1v) is 10.0. The van der Waals surface area contributed by atoms with Crippen LogP contribution >= 0.6 is 0 Å². The first-order chi connectivity index (χ1) is 14.3. The molecule has 0 spiro atoms. The van der Waals surface area contributed by atoms with Crippen LogP contribution in [-0.4, -0.2) is 123 Å². The van der Waals surface area contributed by atoms with Gasteiger partial charge in [0.25, 0.3) is 0 Å². The van der Waals surface area contributed by atoms with E-state index in [1.807, 2.05) is 0 Å². The van der Waals surface area contributed by atoms with Gasteiger partial charge in [-0.15, -0.1) is 0 Å². The van der Waals surface area contributed by atoms with Crippen LogP contribution in [0, 0.1) is 0 Å². The third-order valence-corrected chi connectivity index (χ3v) is 5.01. The van der Waals surface area contributed by atoms with E-state index < -0.39 is 90.2 Å². The summed E-state index contributed by atoms with van der Waals surface area (Å²) in [6.07, 6.45) is -18.0. The van der Waals surface area contributed by atoms with Gasteiger partial charge in [0.05, 0.1) is 6.61 Å². The van der Waals surface area contributed by atoms with E-state index in [2.05, 4.69) is 9.50 Å². The van der Waals surface area contributed by atoms with Gasteiger partial charge in [-0.1, -0.05) is 0 Å². The quantitative estimate of drug-likeness (QED) is 0.0974. The Bertz CT molecular complexity index is 767. The zero-order valence-electron chi connectivity index (χ0n) is 16.7. The third-order valence-electron chi connectivity index (χ3n) is 4.55. The molecule has 0 aliphatic carbocycles. The van der Waals surface area contributed by atoms with Gasteiger partial charge in [0.2, 0.25) is 16.3 Å². The number of rotatable bonds is 7. The second-order valence-corrected chi connectivity index (χ2v) is 7.79. The molecular weight excluding hydrogens is 477 g/mol. The largest absolute Gasteiger partial charge is 1.00 e. The van der Waals surface area contributed by atoms with Crippen LogP contribution in [0.1, 0.15) is 6.92 Å². The second kappa shape index (κ2) is 11.8. The zero-order valence-corrected chi connectivity index (χ0v) is 19.6. The summed E-state index contributed by atoms with van der Waals surface area (Å²) < 4.78 is 53.0. The molecule has 2 aliphatic heterocycles. The molecule has 32 heavy (non-hydrogen) atoms. The molecule has 2 heterocycles. The molecule has 0 bridgehead atoms. The van der Waals surface area contributed by atoms with Crippen LogP contribution in [0.15, 0.2) is 0 Å². The van der Waals surface area contributed by atoms with Gasteiger partial charge in [-0.05, 0) is 0 Å². The van der Waals surface area contributed by atoms with E-state index in [0.29, 0.717) is 0 Å². The second-order valence-electron chi connectivity index (χ2n) is 6.78. The summed E-state index contributed by atoms with van der Waals surface area (Å²) in [6.45, 7) is -0.00823. The number of aliphatic hydroxyl groups is 5. The number of amides is 1. The van der Waals surface area contributed by atoms with E-state index in [1.165, 1.54) is 0 Å². The number of carbonyl (C=O) groups excluding carboxylic acids is 1. The number of nitrogens with one attached hydrogen (secondary N) is 1. The Balaban J connectivity index is 0.00000512. The van der Waals surface area contributed by atoms with Crippen LogP contribution in [0.5, 0.6) is 0 Å². The number of hydrogen-bond acceptors (Lipinski definition) is 14. The Hall–Kier alpha value is -0.510. The van der Waals surface area contributed by atoms with Gasteiger partial charge in [-0.2, -0.15) is 0 Å². The van der Waals surface area contributed by atoms with Crippen LogP contribution < -0.4 is 34.9 Å². The van der Waals surface area contributed by atoms with Crippen LogP contribution in [0.2, 0.25) is 0 Å². The number of carboxylic acid groups (broad SMARTS) is 1. The van der Waals surface area contributed by atoms with Gasteiger partial charge < -0.3 is 54.7 Å². The Labute approximate surface area is 203 Å². The Morgan fingerprint density at radius 2 is 1.66 bits per heavy atom. The number of ether oxygens (including phenoxy) is 3. The molecule has 0 radical (unpaired) electrons. The fourth-order valence-electron chi connectivity index (χ4n) is 3.19. The van der Waals surface area contributed by atoms with E-state index in [1.54, 1.807) is 0 Å². The van der Waals surface area contributed by atoms with Gasteiger partial charge in [0.15, 0.2) is 18.7 Å².